The van der Waals surface area contributed by atoms with Gasteiger partial charge in [0.2, 0.25) is 0 Å². The van der Waals surface area contributed by atoms with Crippen molar-refractivity contribution in [2.24, 2.45) is 5.73 Å². The van der Waals surface area contributed by atoms with Crippen LogP contribution < -0.4 is 21.1 Å². The van der Waals surface area contributed by atoms with Crippen molar-refractivity contribution in [3.63, 3.8) is 0 Å². The van der Waals surface area contributed by atoms with Crippen LogP contribution in [0.1, 0.15) is 10.5 Å². The molecule has 0 aliphatic heterocycles. The molecule has 11 heteroatoms. The highest BCUT2D eigenvalue weighted by Crippen LogP contribution is 2.27. The third-order valence-corrected chi connectivity index (χ3v) is 5.08. The number of nitrogens with zero attached hydrogens (tertiary/aromatic N) is 2. The fourth-order valence-corrected chi connectivity index (χ4v) is 3.77. The largest absolute Gasteiger partial charge is 0.492 e. The molecule has 150 valence electrons. The van der Waals surface area contributed by atoms with Crippen LogP contribution in [0.3, 0.4) is 0 Å². The first-order valence-corrected chi connectivity index (χ1v) is 10.2. The van der Waals surface area contributed by atoms with Gasteiger partial charge in [0, 0.05) is 15.7 Å². The van der Waals surface area contributed by atoms with Gasteiger partial charge in [0.15, 0.2) is 10.8 Å². The van der Waals surface area contributed by atoms with E-state index in [0.717, 1.165) is 22.8 Å². The van der Waals surface area contributed by atoms with Gasteiger partial charge in [0.05, 0.1) is 11.4 Å². The number of thiocarbonyl (C=S) groups is 1. The van der Waals surface area contributed by atoms with Crippen LogP contribution in [0.4, 0.5) is 5.69 Å². The van der Waals surface area contributed by atoms with Crippen molar-refractivity contribution in [3.8, 4) is 16.2 Å². The van der Waals surface area contributed by atoms with E-state index in [9.17, 15) is 4.79 Å². The lowest BCUT2D eigenvalue weighted by Gasteiger charge is -2.12. The molecule has 0 radical (unpaired) electrons. The van der Waals surface area contributed by atoms with Gasteiger partial charge < -0.3 is 21.1 Å². The highest BCUT2D eigenvalue weighted by Gasteiger charge is 2.15. The normalized spacial score (nSPS) is 10.4. The van der Waals surface area contributed by atoms with Crippen molar-refractivity contribution in [2.45, 2.75) is 0 Å². The molecule has 0 fully saturated rings. The third-order valence-electron chi connectivity index (χ3n) is 3.62. The topological polar surface area (TPSA) is 102 Å². The summed E-state index contributed by atoms with van der Waals surface area (Å²) in [5, 5.41) is 11.3. The average Bonchev–Trinajstić information content (AvgIpc) is 3.15. The molecule has 1 aromatic heterocycles. The number of carbonyl (C=O) groups is 1. The zero-order valence-electron chi connectivity index (χ0n) is 14.8. The maximum absolute atomic E-state index is 11.4. The summed E-state index contributed by atoms with van der Waals surface area (Å²) in [5.41, 5.74) is 7.05. The molecule has 0 saturated heterocycles. The highest BCUT2D eigenvalue weighted by molar-refractivity contribution is 7.80. The Hall–Kier alpha value is -2.46. The molecule has 4 N–H and O–H groups in total. The maximum Gasteiger partial charge on any atom is 0.270 e. The number of hydrogen-bond acceptors (Lipinski definition) is 6. The second-order valence-electron chi connectivity index (χ2n) is 5.73. The van der Waals surface area contributed by atoms with Crippen LogP contribution in [0.25, 0.3) is 10.4 Å². The summed E-state index contributed by atoms with van der Waals surface area (Å²) < 4.78 is 9.37. The van der Waals surface area contributed by atoms with Gasteiger partial charge in [0.1, 0.15) is 12.4 Å². The van der Waals surface area contributed by atoms with Crippen molar-refractivity contribution in [1.29, 1.82) is 0 Å². The Morgan fingerprint density at radius 3 is 2.52 bits per heavy atom. The number of nitrogens with one attached hydrogen (secondary N) is 2. The van der Waals surface area contributed by atoms with Crippen molar-refractivity contribution in [2.75, 3.05) is 18.5 Å². The lowest BCUT2D eigenvalue weighted by Crippen LogP contribution is -2.31. The minimum Gasteiger partial charge on any atom is -0.492 e. The average molecular weight is 468 g/mol. The molecule has 29 heavy (non-hydrogen) atoms. The molecule has 0 unspecified atom stereocenters. The van der Waals surface area contributed by atoms with Gasteiger partial charge in [-0.15, -0.1) is 5.10 Å². The monoisotopic (exact) mass is 467 g/mol. The molecule has 0 spiro atoms. The number of hydrogen-bond donors (Lipinski definition) is 3. The molecule has 0 bridgehead atoms. The number of aromatic nitrogens is 2. The first-order valence-electron chi connectivity index (χ1n) is 8.28. The third kappa shape index (κ3) is 6.01. The molecule has 0 aliphatic rings. The molecule has 0 saturated carbocycles. The Balaban J connectivity index is 1.48. The zero-order valence-corrected chi connectivity index (χ0v) is 18.0. The molecule has 2 aromatic carbocycles. The first-order chi connectivity index (χ1) is 13.9. The molecule has 1 amide bonds. The summed E-state index contributed by atoms with van der Waals surface area (Å²) in [5.74, 6) is -0.0183. The van der Waals surface area contributed by atoms with E-state index in [1.54, 1.807) is 18.2 Å². The van der Waals surface area contributed by atoms with Crippen molar-refractivity contribution in [1.82, 2.24) is 14.9 Å². The van der Waals surface area contributed by atoms with Crippen LogP contribution in [0.15, 0.2) is 42.5 Å². The van der Waals surface area contributed by atoms with Gasteiger partial charge in [-0.3, -0.25) is 4.79 Å². The molecule has 1 heterocycles. The second kappa shape index (κ2) is 9.84. The minimum absolute atomic E-state index is 0.161. The Kier molecular flexibility index (Phi) is 7.21. The predicted octanol–water partition coefficient (Wildman–Crippen LogP) is 3.98. The van der Waals surface area contributed by atoms with E-state index >= 15 is 0 Å². The molecule has 7 nitrogen and oxygen atoms in total. The summed E-state index contributed by atoms with van der Waals surface area (Å²) >= 11 is 18.3. The summed E-state index contributed by atoms with van der Waals surface area (Å²) in [4.78, 5) is 12.0. The van der Waals surface area contributed by atoms with Crippen molar-refractivity contribution < 1.29 is 9.53 Å². The molecule has 0 aliphatic carbocycles. The van der Waals surface area contributed by atoms with Crippen LogP contribution in [-0.2, 0) is 0 Å². The van der Waals surface area contributed by atoms with E-state index in [2.05, 4.69) is 20.2 Å². The Bertz CT molecular complexity index is 1010. The number of primary amides is 1. The maximum atomic E-state index is 11.4. The van der Waals surface area contributed by atoms with Gasteiger partial charge in [-0.25, -0.2) is 0 Å². The smallest absolute Gasteiger partial charge is 0.270 e. The Morgan fingerprint density at radius 2 is 1.86 bits per heavy atom. The molecule has 3 aromatic rings. The fourth-order valence-electron chi connectivity index (χ4n) is 2.37. The van der Waals surface area contributed by atoms with E-state index in [4.69, 9.17) is 45.9 Å². The van der Waals surface area contributed by atoms with E-state index in [1.807, 2.05) is 24.3 Å². The van der Waals surface area contributed by atoms with Crippen molar-refractivity contribution >= 4 is 63.7 Å². The quantitative estimate of drug-likeness (QED) is 0.356. The van der Waals surface area contributed by atoms with E-state index in [-0.39, 0.29) is 5.69 Å². The number of halogens is 2. The highest BCUT2D eigenvalue weighted by atomic mass is 35.5. The van der Waals surface area contributed by atoms with Gasteiger partial charge in [-0.05, 0) is 59.6 Å². The molecule has 3 rings (SSSR count). The number of carbonyl (C=O) groups excluding carboxylic acids is 1. The molecular formula is C18H15Cl2N5O2S2. The number of nitrogens with two attached hydrogens (primary N) is 1. The van der Waals surface area contributed by atoms with Gasteiger partial charge in [0.25, 0.3) is 5.91 Å². The number of amides is 1. The minimum atomic E-state index is -0.608. The summed E-state index contributed by atoms with van der Waals surface area (Å²) in [6, 6.07) is 12.3. The number of ether oxygens (including phenoxy) is 1. The number of anilines is 1. The molecular weight excluding hydrogens is 453 g/mol. The summed E-state index contributed by atoms with van der Waals surface area (Å²) in [6.07, 6.45) is 0. The number of benzene rings is 2. The lowest BCUT2D eigenvalue weighted by molar-refractivity contribution is 0.0996. The molecule has 0 atom stereocenters. The lowest BCUT2D eigenvalue weighted by atomic mass is 10.1. The van der Waals surface area contributed by atoms with Crippen molar-refractivity contribution in [3.05, 3.63) is 58.2 Å². The van der Waals surface area contributed by atoms with Crippen LogP contribution in [-0.4, -0.2) is 33.8 Å². The summed E-state index contributed by atoms with van der Waals surface area (Å²) in [7, 11) is 0. The van der Waals surface area contributed by atoms with Gasteiger partial charge in [-0.1, -0.05) is 39.8 Å². The summed E-state index contributed by atoms with van der Waals surface area (Å²) in [6.45, 7) is 0.869. The zero-order chi connectivity index (χ0) is 20.8. The number of rotatable bonds is 7. The first kappa shape index (κ1) is 21.3. The van der Waals surface area contributed by atoms with Crippen LogP contribution in [0.5, 0.6) is 5.75 Å². The standard InChI is InChI=1S/C18H15Cl2N5O2S2/c19-11-7-12(20)9-14(8-11)27-6-5-22-18(28)23-13-3-1-10(2-4-13)16-15(17(21)26)24-25-29-16/h1-4,7-9H,5-6H2,(H2,21,26)(H2,22,23,28). The fraction of sp³-hybridized carbons (Fsp3) is 0.111. The SMILES string of the molecule is NC(=O)c1nnsc1-c1ccc(NC(=S)NCCOc2cc(Cl)cc(Cl)c2)cc1. The van der Waals surface area contributed by atoms with E-state index in [0.29, 0.717) is 38.9 Å². The Morgan fingerprint density at radius 1 is 1.17 bits per heavy atom. The predicted molar refractivity (Wildman–Crippen MR) is 120 cm³/mol. The second-order valence-corrected chi connectivity index (χ2v) is 7.76. The van der Waals surface area contributed by atoms with Crippen LogP contribution in [0.2, 0.25) is 10.0 Å². The van der Waals surface area contributed by atoms with Gasteiger partial charge in [-0.2, -0.15) is 0 Å². The Labute approximate surface area is 186 Å². The van der Waals surface area contributed by atoms with Gasteiger partial charge >= 0.3 is 0 Å². The van der Waals surface area contributed by atoms with E-state index in [1.165, 1.54) is 0 Å². The van der Waals surface area contributed by atoms with Crippen LogP contribution in [0, 0.1) is 0 Å². The van der Waals surface area contributed by atoms with E-state index < -0.39 is 5.91 Å². The van der Waals surface area contributed by atoms with Crippen LogP contribution >= 0.6 is 47.0 Å².